The third-order valence-corrected chi connectivity index (χ3v) is 3.14. The Bertz CT molecular complexity index is 458. The molecule has 0 aliphatic heterocycles. The van der Waals surface area contributed by atoms with Gasteiger partial charge in [0.15, 0.2) is 0 Å². The van der Waals surface area contributed by atoms with E-state index >= 15 is 0 Å². The molecule has 94 valence electrons. The highest BCUT2D eigenvalue weighted by molar-refractivity contribution is 5.94. The number of aliphatic hydroxyl groups is 1. The van der Waals surface area contributed by atoms with Gasteiger partial charge in [0.1, 0.15) is 0 Å². The molecule has 1 amide bonds. The molecule has 0 saturated heterocycles. The summed E-state index contributed by atoms with van der Waals surface area (Å²) in [4.78, 5) is 11.6. The fourth-order valence-corrected chi connectivity index (χ4v) is 2.13. The first-order valence-corrected chi connectivity index (χ1v) is 6.31. The Balaban J connectivity index is 1.91. The quantitative estimate of drug-likeness (QED) is 0.734. The van der Waals surface area contributed by atoms with Crippen LogP contribution in [0.4, 0.5) is 0 Å². The number of hydrogen-bond donors (Lipinski definition) is 2. The Hall–Kier alpha value is -1.79. The monoisotopic (exact) mass is 243 g/mol. The van der Waals surface area contributed by atoms with Crippen LogP contribution in [0.5, 0.6) is 0 Å². The van der Waals surface area contributed by atoms with E-state index in [1.807, 2.05) is 30.3 Å². The molecule has 0 unspecified atom stereocenters. The van der Waals surface area contributed by atoms with Gasteiger partial charge in [-0.15, -0.1) is 0 Å². The van der Waals surface area contributed by atoms with Gasteiger partial charge < -0.3 is 10.4 Å². The van der Waals surface area contributed by atoms with Gasteiger partial charge in [-0.3, -0.25) is 4.79 Å². The molecule has 1 aromatic carbocycles. The molecule has 1 aromatic rings. The van der Waals surface area contributed by atoms with Crippen molar-refractivity contribution < 1.29 is 9.90 Å². The maximum absolute atomic E-state index is 11.6. The lowest BCUT2D eigenvalue weighted by Crippen LogP contribution is -2.44. The number of carbonyl (C=O) groups excluding carboxylic acids is 1. The smallest absolute Gasteiger partial charge is 0.296 e. The van der Waals surface area contributed by atoms with Crippen molar-refractivity contribution in [3.05, 3.63) is 35.9 Å². The summed E-state index contributed by atoms with van der Waals surface area (Å²) in [5, 5.41) is 12.5. The summed E-state index contributed by atoms with van der Waals surface area (Å²) in [5.41, 5.74) is 0.817. The minimum atomic E-state index is -0.429. The predicted octanol–water partition coefficient (Wildman–Crippen LogP) is 1.46. The molecule has 0 aromatic heterocycles. The zero-order chi connectivity index (χ0) is 12.8. The second-order valence-corrected chi connectivity index (χ2v) is 4.55. The highest BCUT2D eigenvalue weighted by atomic mass is 16.3. The maximum atomic E-state index is 11.6. The molecule has 0 radical (unpaired) electrons. The molecule has 2 rings (SSSR count). The molecule has 2 N–H and O–H groups in total. The van der Waals surface area contributed by atoms with Crippen molar-refractivity contribution in [2.24, 2.45) is 0 Å². The maximum Gasteiger partial charge on any atom is 0.296 e. The number of amides is 1. The average Bonchev–Trinajstić information content (AvgIpc) is 2.40. The molecule has 3 heteroatoms. The van der Waals surface area contributed by atoms with Gasteiger partial charge in [0.25, 0.3) is 5.91 Å². The summed E-state index contributed by atoms with van der Waals surface area (Å²) < 4.78 is 0. The van der Waals surface area contributed by atoms with Crippen molar-refractivity contribution >= 4 is 5.91 Å². The van der Waals surface area contributed by atoms with Gasteiger partial charge in [0, 0.05) is 11.5 Å². The fraction of sp³-hybridized carbons (Fsp3) is 0.400. The standard InChI is InChI=1S/C15H17NO2/c17-14-9-5-4-8-13(14)16-15(18)11-10-12-6-2-1-3-7-12/h1-3,6-7,13-14,17H,4-5,8-9H2,(H,16,18)/t13-,14-/m0/s1. The lowest BCUT2D eigenvalue weighted by atomic mass is 9.92. The van der Waals surface area contributed by atoms with Gasteiger partial charge in [0.05, 0.1) is 12.1 Å². The van der Waals surface area contributed by atoms with Crippen LogP contribution in [0.3, 0.4) is 0 Å². The number of rotatable bonds is 1. The number of carbonyl (C=O) groups is 1. The van der Waals surface area contributed by atoms with Gasteiger partial charge in [0.2, 0.25) is 0 Å². The first-order valence-electron chi connectivity index (χ1n) is 6.31. The predicted molar refractivity (Wildman–Crippen MR) is 69.7 cm³/mol. The summed E-state index contributed by atoms with van der Waals surface area (Å²) in [5.74, 6) is 5.05. The van der Waals surface area contributed by atoms with Gasteiger partial charge >= 0.3 is 0 Å². The van der Waals surface area contributed by atoms with Crippen LogP contribution in [0.25, 0.3) is 0 Å². The first-order chi connectivity index (χ1) is 8.75. The molecule has 1 saturated carbocycles. The summed E-state index contributed by atoms with van der Waals surface area (Å²) in [6, 6.07) is 9.24. The van der Waals surface area contributed by atoms with Crippen LogP contribution in [0.1, 0.15) is 31.2 Å². The summed E-state index contributed by atoms with van der Waals surface area (Å²) in [6.45, 7) is 0. The van der Waals surface area contributed by atoms with E-state index in [9.17, 15) is 9.90 Å². The van der Waals surface area contributed by atoms with E-state index in [0.717, 1.165) is 31.2 Å². The molecule has 1 aliphatic carbocycles. The van der Waals surface area contributed by atoms with Crippen molar-refractivity contribution in [3.8, 4) is 11.8 Å². The molecule has 18 heavy (non-hydrogen) atoms. The minimum absolute atomic E-state index is 0.142. The Kier molecular flexibility index (Phi) is 4.38. The number of nitrogens with one attached hydrogen (secondary N) is 1. The number of benzene rings is 1. The molecular formula is C15H17NO2. The molecule has 0 spiro atoms. The van der Waals surface area contributed by atoms with Crippen molar-refractivity contribution in [3.63, 3.8) is 0 Å². The SMILES string of the molecule is O=C(C#Cc1ccccc1)N[C@H]1CCCC[C@@H]1O. The van der Waals surface area contributed by atoms with E-state index in [1.54, 1.807) is 0 Å². The van der Waals surface area contributed by atoms with E-state index in [-0.39, 0.29) is 11.9 Å². The molecule has 2 atom stereocenters. The minimum Gasteiger partial charge on any atom is -0.391 e. The van der Waals surface area contributed by atoms with Crippen LogP contribution in [0.2, 0.25) is 0 Å². The van der Waals surface area contributed by atoms with E-state index < -0.39 is 6.10 Å². The Morgan fingerprint density at radius 2 is 1.94 bits per heavy atom. The summed E-state index contributed by atoms with van der Waals surface area (Å²) in [6.07, 6.45) is 3.25. The zero-order valence-corrected chi connectivity index (χ0v) is 10.2. The Labute approximate surface area is 107 Å². The fourth-order valence-electron chi connectivity index (χ4n) is 2.13. The topological polar surface area (TPSA) is 49.3 Å². The average molecular weight is 243 g/mol. The Morgan fingerprint density at radius 3 is 2.67 bits per heavy atom. The van der Waals surface area contributed by atoms with Crippen LogP contribution in [0.15, 0.2) is 30.3 Å². The van der Waals surface area contributed by atoms with E-state index in [2.05, 4.69) is 17.2 Å². The number of hydrogen-bond acceptors (Lipinski definition) is 2. The second-order valence-electron chi connectivity index (χ2n) is 4.55. The van der Waals surface area contributed by atoms with Crippen LogP contribution < -0.4 is 5.32 Å². The molecule has 0 bridgehead atoms. The zero-order valence-electron chi connectivity index (χ0n) is 10.2. The third kappa shape index (κ3) is 3.61. The van der Waals surface area contributed by atoms with Crippen molar-refractivity contribution in [2.75, 3.05) is 0 Å². The van der Waals surface area contributed by atoms with Gasteiger partial charge in [-0.1, -0.05) is 37.0 Å². The van der Waals surface area contributed by atoms with Crippen molar-refractivity contribution in [2.45, 2.75) is 37.8 Å². The first kappa shape index (κ1) is 12.7. The lowest BCUT2D eigenvalue weighted by Gasteiger charge is -2.27. The van der Waals surface area contributed by atoms with Crippen LogP contribution in [0, 0.1) is 11.8 Å². The van der Waals surface area contributed by atoms with E-state index in [0.29, 0.717) is 0 Å². The molecular weight excluding hydrogens is 226 g/mol. The van der Waals surface area contributed by atoms with Crippen LogP contribution >= 0.6 is 0 Å². The lowest BCUT2D eigenvalue weighted by molar-refractivity contribution is -0.117. The normalized spacial score (nSPS) is 22.7. The second kappa shape index (κ2) is 6.23. The van der Waals surface area contributed by atoms with Gasteiger partial charge in [-0.05, 0) is 25.0 Å². The van der Waals surface area contributed by atoms with Crippen LogP contribution in [-0.2, 0) is 4.79 Å². The molecule has 1 aliphatic rings. The highest BCUT2D eigenvalue weighted by Gasteiger charge is 2.23. The largest absolute Gasteiger partial charge is 0.391 e. The van der Waals surface area contributed by atoms with E-state index in [1.165, 1.54) is 0 Å². The molecule has 3 nitrogen and oxygen atoms in total. The van der Waals surface area contributed by atoms with E-state index in [4.69, 9.17) is 0 Å². The van der Waals surface area contributed by atoms with Gasteiger partial charge in [-0.2, -0.15) is 0 Å². The van der Waals surface area contributed by atoms with Crippen molar-refractivity contribution in [1.82, 2.24) is 5.32 Å². The highest BCUT2D eigenvalue weighted by Crippen LogP contribution is 2.18. The Morgan fingerprint density at radius 1 is 1.22 bits per heavy atom. The molecule has 1 fully saturated rings. The summed E-state index contributed by atoms with van der Waals surface area (Å²) in [7, 11) is 0. The third-order valence-electron chi connectivity index (χ3n) is 3.14. The molecule has 0 heterocycles. The number of aliphatic hydroxyl groups excluding tert-OH is 1. The van der Waals surface area contributed by atoms with Crippen LogP contribution in [-0.4, -0.2) is 23.2 Å². The van der Waals surface area contributed by atoms with Gasteiger partial charge in [-0.25, -0.2) is 0 Å². The summed E-state index contributed by atoms with van der Waals surface area (Å²) >= 11 is 0. The van der Waals surface area contributed by atoms with Crippen molar-refractivity contribution in [1.29, 1.82) is 0 Å².